The first-order valence-electron chi connectivity index (χ1n) is 6.08. The first kappa shape index (κ1) is 11.6. The number of oxazole rings is 1. The van der Waals surface area contributed by atoms with Crippen molar-refractivity contribution < 1.29 is 9.15 Å². The van der Waals surface area contributed by atoms with Gasteiger partial charge in [-0.2, -0.15) is 0 Å². The maximum atomic E-state index is 5.67. The Hall–Kier alpha value is -0.870. The molecule has 1 aliphatic rings. The van der Waals surface area contributed by atoms with Crippen LogP contribution in [0.5, 0.6) is 0 Å². The van der Waals surface area contributed by atoms with Gasteiger partial charge in [-0.1, -0.05) is 0 Å². The van der Waals surface area contributed by atoms with Crippen molar-refractivity contribution in [3.63, 3.8) is 0 Å². The van der Waals surface area contributed by atoms with Gasteiger partial charge in [-0.3, -0.25) is 0 Å². The molecule has 0 aromatic carbocycles. The highest BCUT2D eigenvalue weighted by Crippen LogP contribution is 2.17. The molecule has 1 fully saturated rings. The molecule has 1 saturated heterocycles. The molecule has 1 aromatic rings. The van der Waals surface area contributed by atoms with Crippen molar-refractivity contribution in [3.8, 4) is 0 Å². The fraction of sp³-hybridized carbons (Fsp3) is 0.750. The fourth-order valence-electron chi connectivity index (χ4n) is 2.00. The molecule has 2 rings (SSSR count). The maximum absolute atomic E-state index is 5.67. The summed E-state index contributed by atoms with van der Waals surface area (Å²) in [6.07, 6.45) is 7.36. The van der Waals surface area contributed by atoms with Crippen molar-refractivity contribution in [2.75, 3.05) is 20.2 Å². The largest absolute Gasteiger partial charge is 0.446 e. The zero-order valence-electron chi connectivity index (χ0n) is 9.87. The minimum atomic E-state index is 0.345. The molecule has 0 aliphatic carbocycles. The van der Waals surface area contributed by atoms with E-state index in [0.29, 0.717) is 6.10 Å². The molecule has 0 amide bonds. The highest BCUT2D eigenvalue weighted by molar-refractivity contribution is 4.97. The van der Waals surface area contributed by atoms with Gasteiger partial charge in [0.15, 0.2) is 5.89 Å². The summed E-state index contributed by atoms with van der Waals surface area (Å²) >= 11 is 0. The van der Waals surface area contributed by atoms with E-state index in [-0.39, 0.29) is 0 Å². The summed E-state index contributed by atoms with van der Waals surface area (Å²) < 4.78 is 11.2. The van der Waals surface area contributed by atoms with Gasteiger partial charge in [0.25, 0.3) is 0 Å². The second kappa shape index (κ2) is 6.01. The number of aromatic nitrogens is 1. The molecule has 0 spiro atoms. The lowest BCUT2D eigenvalue weighted by Crippen LogP contribution is -2.08. The van der Waals surface area contributed by atoms with Crippen LogP contribution in [-0.2, 0) is 17.6 Å². The van der Waals surface area contributed by atoms with E-state index in [1.54, 1.807) is 0 Å². The molecule has 4 heteroatoms. The molecule has 1 aromatic heterocycles. The van der Waals surface area contributed by atoms with Crippen LogP contribution in [0, 0.1) is 0 Å². The lowest BCUT2D eigenvalue weighted by atomic mass is 10.1. The predicted octanol–water partition coefficient (Wildman–Crippen LogP) is 1.55. The van der Waals surface area contributed by atoms with Crippen molar-refractivity contribution in [1.82, 2.24) is 10.3 Å². The Labute approximate surface area is 96.4 Å². The lowest BCUT2D eigenvalue weighted by Gasteiger charge is -2.05. The standard InChI is InChI=1S/C12H20N2O2/c1-13-6-2-5-12-14-9-11(16-12)8-10-4-3-7-15-10/h9-10,13H,2-8H2,1H3. The minimum Gasteiger partial charge on any atom is -0.446 e. The molecule has 0 radical (unpaired) electrons. The smallest absolute Gasteiger partial charge is 0.194 e. The third kappa shape index (κ3) is 3.32. The van der Waals surface area contributed by atoms with Crippen LogP contribution in [-0.4, -0.2) is 31.3 Å². The van der Waals surface area contributed by atoms with Gasteiger partial charge in [-0.15, -0.1) is 0 Å². The Balaban J connectivity index is 1.77. The highest BCUT2D eigenvalue weighted by Gasteiger charge is 2.17. The van der Waals surface area contributed by atoms with Crippen molar-refractivity contribution in [2.45, 2.75) is 38.2 Å². The number of hydrogen-bond donors (Lipinski definition) is 1. The quantitative estimate of drug-likeness (QED) is 0.745. The van der Waals surface area contributed by atoms with Crippen LogP contribution in [0.1, 0.15) is 30.9 Å². The first-order chi connectivity index (χ1) is 7.88. The summed E-state index contributed by atoms with van der Waals surface area (Å²) in [7, 11) is 1.96. The Bertz CT molecular complexity index is 306. The average Bonchev–Trinajstić information content (AvgIpc) is 2.91. The first-order valence-corrected chi connectivity index (χ1v) is 6.08. The zero-order valence-corrected chi connectivity index (χ0v) is 9.87. The Kier molecular flexibility index (Phi) is 4.36. The van der Waals surface area contributed by atoms with Crippen molar-refractivity contribution in [1.29, 1.82) is 0 Å². The number of rotatable bonds is 6. The van der Waals surface area contributed by atoms with E-state index in [0.717, 1.165) is 50.5 Å². The van der Waals surface area contributed by atoms with E-state index in [1.165, 1.54) is 6.42 Å². The van der Waals surface area contributed by atoms with E-state index in [9.17, 15) is 0 Å². The van der Waals surface area contributed by atoms with Crippen LogP contribution in [0.15, 0.2) is 10.6 Å². The normalized spacial score (nSPS) is 20.4. The molecule has 4 nitrogen and oxygen atoms in total. The fourth-order valence-corrected chi connectivity index (χ4v) is 2.00. The third-order valence-corrected chi connectivity index (χ3v) is 2.87. The molecule has 90 valence electrons. The SMILES string of the molecule is CNCCCc1ncc(CC2CCCO2)o1. The van der Waals surface area contributed by atoms with Gasteiger partial charge in [-0.05, 0) is 32.9 Å². The van der Waals surface area contributed by atoms with Gasteiger partial charge in [0, 0.05) is 19.4 Å². The minimum absolute atomic E-state index is 0.345. The highest BCUT2D eigenvalue weighted by atomic mass is 16.5. The number of aryl methyl sites for hydroxylation is 1. The Morgan fingerprint density at radius 2 is 2.50 bits per heavy atom. The molecule has 2 heterocycles. The number of nitrogens with one attached hydrogen (secondary N) is 1. The van der Waals surface area contributed by atoms with Crippen molar-refractivity contribution in [2.24, 2.45) is 0 Å². The molecule has 1 unspecified atom stereocenters. The zero-order chi connectivity index (χ0) is 11.2. The van der Waals surface area contributed by atoms with E-state index < -0.39 is 0 Å². The summed E-state index contributed by atoms with van der Waals surface area (Å²) in [5.74, 6) is 1.81. The van der Waals surface area contributed by atoms with Gasteiger partial charge in [0.05, 0.1) is 12.3 Å². The number of nitrogens with zero attached hydrogens (tertiary/aromatic N) is 1. The second-order valence-corrected chi connectivity index (χ2v) is 4.27. The van der Waals surface area contributed by atoms with E-state index in [4.69, 9.17) is 9.15 Å². The maximum Gasteiger partial charge on any atom is 0.194 e. The van der Waals surface area contributed by atoms with Gasteiger partial charge in [0.1, 0.15) is 5.76 Å². The molecular formula is C12H20N2O2. The van der Waals surface area contributed by atoms with Gasteiger partial charge in [0.2, 0.25) is 0 Å². The van der Waals surface area contributed by atoms with Gasteiger partial charge in [-0.25, -0.2) is 4.98 Å². The monoisotopic (exact) mass is 224 g/mol. The van der Waals surface area contributed by atoms with Crippen molar-refractivity contribution in [3.05, 3.63) is 17.8 Å². The molecule has 1 atom stereocenters. The van der Waals surface area contributed by atoms with Crippen LogP contribution >= 0.6 is 0 Å². The molecular weight excluding hydrogens is 204 g/mol. The number of ether oxygens (including phenoxy) is 1. The Morgan fingerprint density at radius 3 is 3.25 bits per heavy atom. The molecule has 16 heavy (non-hydrogen) atoms. The van der Waals surface area contributed by atoms with Crippen LogP contribution in [0.2, 0.25) is 0 Å². The van der Waals surface area contributed by atoms with E-state index >= 15 is 0 Å². The van der Waals surface area contributed by atoms with Crippen LogP contribution in [0.25, 0.3) is 0 Å². The molecule has 1 N–H and O–H groups in total. The van der Waals surface area contributed by atoms with Crippen molar-refractivity contribution >= 4 is 0 Å². The summed E-state index contributed by atoms with van der Waals surface area (Å²) in [5, 5.41) is 3.11. The third-order valence-electron chi connectivity index (χ3n) is 2.87. The topological polar surface area (TPSA) is 47.3 Å². The lowest BCUT2D eigenvalue weighted by molar-refractivity contribution is 0.106. The summed E-state index contributed by atoms with van der Waals surface area (Å²) in [6, 6.07) is 0. The summed E-state index contributed by atoms with van der Waals surface area (Å²) in [6.45, 7) is 1.90. The predicted molar refractivity (Wildman–Crippen MR) is 61.4 cm³/mol. The van der Waals surface area contributed by atoms with E-state index in [1.807, 2.05) is 13.2 Å². The number of hydrogen-bond acceptors (Lipinski definition) is 4. The molecule has 0 saturated carbocycles. The van der Waals surface area contributed by atoms with Crippen LogP contribution in [0.4, 0.5) is 0 Å². The van der Waals surface area contributed by atoms with Crippen LogP contribution in [0.3, 0.4) is 0 Å². The van der Waals surface area contributed by atoms with Gasteiger partial charge >= 0.3 is 0 Å². The second-order valence-electron chi connectivity index (χ2n) is 4.27. The van der Waals surface area contributed by atoms with E-state index in [2.05, 4.69) is 10.3 Å². The molecule has 0 bridgehead atoms. The van der Waals surface area contributed by atoms with Crippen LogP contribution < -0.4 is 5.32 Å². The summed E-state index contributed by atoms with van der Waals surface area (Å²) in [5.41, 5.74) is 0. The summed E-state index contributed by atoms with van der Waals surface area (Å²) in [4.78, 5) is 4.28. The van der Waals surface area contributed by atoms with Gasteiger partial charge < -0.3 is 14.5 Å². The Morgan fingerprint density at radius 1 is 1.56 bits per heavy atom. The average molecular weight is 224 g/mol. The molecule has 1 aliphatic heterocycles.